The molecule has 0 aliphatic rings. The Labute approximate surface area is 193 Å². The Morgan fingerprint density at radius 3 is 1.94 bits per heavy atom. The highest BCUT2D eigenvalue weighted by atomic mass is 16.4. The van der Waals surface area contributed by atoms with Crippen molar-refractivity contribution >= 4 is 23.7 Å². The molecule has 0 spiro atoms. The quantitative estimate of drug-likeness (QED) is 0.154. The van der Waals surface area contributed by atoms with Crippen molar-refractivity contribution in [1.82, 2.24) is 5.32 Å². The SMILES string of the molecule is NC(=O)[C@@H](N)Cc1ccccc1.NC(N)=NCCC[C@H](NC(=O)Cc1ccccc1)C(=O)O. The molecule has 2 aromatic carbocycles. The number of benzene rings is 2. The second-order valence-electron chi connectivity index (χ2n) is 7.27. The molecule has 10 nitrogen and oxygen atoms in total. The minimum atomic E-state index is -1.07. The third kappa shape index (κ3) is 12.5. The maximum absolute atomic E-state index is 11.8. The van der Waals surface area contributed by atoms with Gasteiger partial charge in [0, 0.05) is 6.54 Å². The number of hydrogen-bond donors (Lipinski definition) is 6. The molecule has 0 aliphatic carbocycles. The molecular weight excluding hydrogens is 424 g/mol. The highest BCUT2D eigenvalue weighted by Gasteiger charge is 2.19. The molecule has 178 valence electrons. The van der Waals surface area contributed by atoms with E-state index < -0.39 is 24.0 Å². The predicted octanol–water partition coefficient (Wildman–Crippen LogP) is -0.106. The monoisotopic (exact) mass is 456 g/mol. The summed E-state index contributed by atoms with van der Waals surface area (Å²) >= 11 is 0. The minimum absolute atomic E-state index is 0.0324. The van der Waals surface area contributed by atoms with Gasteiger partial charge in [-0.25, -0.2) is 4.79 Å². The summed E-state index contributed by atoms with van der Waals surface area (Å²) in [6.45, 7) is 0.334. The first-order valence-corrected chi connectivity index (χ1v) is 10.4. The number of primary amides is 1. The molecule has 0 heterocycles. The van der Waals surface area contributed by atoms with E-state index in [1.807, 2.05) is 60.7 Å². The number of nitrogens with two attached hydrogens (primary N) is 4. The first-order valence-electron chi connectivity index (χ1n) is 10.4. The summed E-state index contributed by atoms with van der Waals surface area (Å²) in [7, 11) is 0. The molecule has 0 unspecified atom stereocenters. The van der Waals surface area contributed by atoms with Crippen molar-refractivity contribution in [3.05, 3.63) is 71.8 Å². The molecule has 2 amide bonds. The van der Waals surface area contributed by atoms with E-state index in [0.29, 0.717) is 19.4 Å². The number of carboxylic acid groups (broad SMARTS) is 1. The van der Waals surface area contributed by atoms with Crippen LogP contribution in [0.2, 0.25) is 0 Å². The van der Waals surface area contributed by atoms with Gasteiger partial charge >= 0.3 is 5.97 Å². The van der Waals surface area contributed by atoms with Gasteiger partial charge in [-0.15, -0.1) is 0 Å². The normalized spacial score (nSPS) is 11.8. The first-order chi connectivity index (χ1) is 15.7. The average Bonchev–Trinajstić information content (AvgIpc) is 2.77. The van der Waals surface area contributed by atoms with Crippen LogP contribution in [0.25, 0.3) is 0 Å². The van der Waals surface area contributed by atoms with Gasteiger partial charge in [-0.2, -0.15) is 0 Å². The molecule has 2 atom stereocenters. The van der Waals surface area contributed by atoms with Gasteiger partial charge in [0.15, 0.2) is 5.96 Å². The van der Waals surface area contributed by atoms with Crippen LogP contribution in [0, 0.1) is 0 Å². The smallest absolute Gasteiger partial charge is 0.326 e. The van der Waals surface area contributed by atoms with Crippen molar-refractivity contribution in [2.45, 2.75) is 37.8 Å². The van der Waals surface area contributed by atoms with Gasteiger partial charge in [-0.3, -0.25) is 14.6 Å². The number of hydrogen-bond acceptors (Lipinski definition) is 5. The van der Waals surface area contributed by atoms with E-state index in [2.05, 4.69) is 10.3 Å². The number of amides is 2. The zero-order valence-electron chi connectivity index (χ0n) is 18.4. The largest absolute Gasteiger partial charge is 0.480 e. The Hall–Kier alpha value is -3.92. The second-order valence-corrected chi connectivity index (χ2v) is 7.27. The van der Waals surface area contributed by atoms with Crippen LogP contribution in [-0.2, 0) is 27.2 Å². The Bertz CT molecular complexity index is 902. The van der Waals surface area contributed by atoms with Gasteiger partial charge in [0.1, 0.15) is 6.04 Å². The Morgan fingerprint density at radius 2 is 1.45 bits per heavy atom. The summed E-state index contributed by atoms with van der Waals surface area (Å²) in [5, 5.41) is 11.6. The molecule has 0 saturated carbocycles. The van der Waals surface area contributed by atoms with Gasteiger partial charge in [-0.05, 0) is 30.4 Å². The van der Waals surface area contributed by atoms with E-state index in [9.17, 15) is 14.4 Å². The summed E-state index contributed by atoms with van der Waals surface area (Å²) in [5.74, 6) is -1.88. The van der Waals surface area contributed by atoms with Crippen molar-refractivity contribution in [1.29, 1.82) is 0 Å². The zero-order chi connectivity index (χ0) is 24.6. The average molecular weight is 457 g/mol. The maximum atomic E-state index is 11.8. The third-order valence-electron chi connectivity index (χ3n) is 4.45. The highest BCUT2D eigenvalue weighted by molar-refractivity contribution is 5.84. The lowest BCUT2D eigenvalue weighted by atomic mass is 10.1. The van der Waals surface area contributed by atoms with E-state index in [-0.39, 0.29) is 24.7 Å². The molecule has 10 heteroatoms. The van der Waals surface area contributed by atoms with Crippen LogP contribution in [-0.4, -0.2) is 47.5 Å². The van der Waals surface area contributed by atoms with Gasteiger partial charge in [-0.1, -0.05) is 60.7 Å². The van der Waals surface area contributed by atoms with Gasteiger partial charge in [0.25, 0.3) is 0 Å². The number of aliphatic carboxylic acids is 1. The zero-order valence-corrected chi connectivity index (χ0v) is 18.4. The van der Waals surface area contributed by atoms with Crippen LogP contribution in [0.4, 0.5) is 0 Å². The highest BCUT2D eigenvalue weighted by Crippen LogP contribution is 2.03. The van der Waals surface area contributed by atoms with Crippen molar-refractivity contribution in [3.8, 4) is 0 Å². The summed E-state index contributed by atoms with van der Waals surface area (Å²) < 4.78 is 0. The second kappa shape index (κ2) is 15.0. The maximum Gasteiger partial charge on any atom is 0.326 e. The first kappa shape index (κ1) is 27.1. The summed E-state index contributed by atoms with van der Waals surface area (Å²) in [5.41, 5.74) is 22.7. The molecule has 0 bridgehead atoms. The van der Waals surface area contributed by atoms with Crippen LogP contribution < -0.4 is 28.3 Å². The van der Waals surface area contributed by atoms with Crippen molar-refractivity contribution in [2.24, 2.45) is 27.9 Å². The van der Waals surface area contributed by atoms with E-state index in [1.54, 1.807) is 0 Å². The van der Waals surface area contributed by atoms with E-state index in [0.717, 1.165) is 11.1 Å². The van der Waals surface area contributed by atoms with Crippen LogP contribution >= 0.6 is 0 Å². The van der Waals surface area contributed by atoms with Crippen molar-refractivity contribution in [2.75, 3.05) is 6.54 Å². The van der Waals surface area contributed by atoms with Gasteiger partial charge in [0.2, 0.25) is 11.8 Å². The standard InChI is InChI=1S/C14H20N4O3.C9H12N2O/c15-14(16)17-8-4-7-11(13(20)21)18-12(19)9-10-5-2-1-3-6-10;10-8(9(11)12)6-7-4-2-1-3-5-7/h1-3,5-6,11H,4,7-9H2,(H,18,19)(H,20,21)(H4,15,16,17);1-5,8H,6,10H2,(H2,11,12)/t11-;8-/m00/s1. The fraction of sp³-hybridized carbons (Fsp3) is 0.304. The number of nitrogens with one attached hydrogen (secondary N) is 1. The van der Waals surface area contributed by atoms with Crippen LogP contribution in [0.3, 0.4) is 0 Å². The topological polar surface area (TPSA) is 200 Å². The molecule has 0 saturated heterocycles. The summed E-state index contributed by atoms with van der Waals surface area (Å²) in [6, 6.07) is 17.2. The summed E-state index contributed by atoms with van der Waals surface area (Å²) in [4.78, 5) is 37.3. The number of nitrogens with zero attached hydrogens (tertiary/aromatic N) is 1. The third-order valence-corrected chi connectivity index (χ3v) is 4.45. The fourth-order valence-corrected chi connectivity index (χ4v) is 2.76. The molecule has 0 aliphatic heterocycles. The predicted molar refractivity (Wildman–Crippen MR) is 127 cm³/mol. The molecule has 0 radical (unpaired) electrons. The lowest BCUT2D eigenvalue weighted by Crippen LogP contribution is -2.41. The van der Waals surface area contributed by atoms with Gasteiger partial charge < -0.3 is 33.4 Å². The number of carboxylic acids is 1. The van der Waals surface area contributed by atoms with E-state index in [1.165, 1.54) is 0 Å². The molecule has 2 aromatic rings. The van der Waals surface area contributed by atoms with Crippen LogP contribution in [0.1, 0.15) is 24.0 Å². The van der Waals surface area contributed by atoms with E-state index in [4.69, 9.17) is 28.0 Å². The molecule has 33 heavy (non-hydrogen) atoms. The molecule has 2 rings (SSSR count). The molecule has 0 aromatic heterocycles. The van der Waals surface area contributed by atoms with E-state index >= 15 is 0 Å². The number of guanidine groups is 1. The Balaban J connectivity index is 0.000000383. The lowest BCUT2D eigenvalue weighted by Gasteiger charge is -2.14. The molecule has 10 N–H and O–H groups in total. The number of carbonyl (C=O) groups excluding carboxylic acids is 2. The fourth-order valence-electron chi connectivity index (χ4n) is 2.76. The summed E-state index contributed by atoms with van der Waals surface area (Å²) in [6.07, 6.45) is 1.40. The van der Waals surface area contributed by atoms with Crippen LogP contribution in [0.15, 0.2) is 65.7 Å². The Morgan fingerprint density at radius 1 is 0.909 bits per heavy atom. The number of aliphatic imine (C=N–C) groups is 1. The molecule has 0 fully saturated rings. The minimum Gasteiger partial charge on any atom is -0.480 e. The van der Waals surface area contributed by atoms with Crippen molar-refractivity contribution < 1.29 is 19.5 Å². The lowest BCUT2D eigenvalue weighted by molar-refractivity contribution is -0.141. The van der Waals surface area contributed by atoms with Gasteiger partial charge in [0.05, 0.1) is 12.5 Å². The number of carbonyl (C=O) groups is 3. The molecular formula is C23H32N6O4. The Kier molecular flexibility index (Phi) is 12.3. The number of rotatable bonds is 11. The van der Waals surface area contributed by atoms with Crippen molar-refractivity contribution in [3.63, 3.8) is 0 Å². The van der Waals surface area contributed by atoms with Crippen LogP contribution in [0.5, 0.6) is 0 Å².